The van der Waals surface area contributed by atoms with E-state index in [-0.39, 0.29) is 0 Å². The third kappa shape index (κ3) is 4.67. The fraction of sp³-hybridized carbons (Fsp3) is 0.714. The van der Waals surface area contributed by atoms with Gasteiger partial charge in [0.15, 0.2) is 0 Å². The Bertz CT molecular complexity index is 171. The van der Waals surface area contributed by atoms with Crippen LogP contribution in [0, 0.1) is 0 Å². The average Bonchev–Trinajstić information content (AvgIpc) is 2.02. The molecule has 0 spiro atoms. The van der Waals surface area contributed by atoms with Crippen molar-refractivity contribution >= 4 is 7.60 Å². The van der Waals surface area contributed by atoms with Gasteiger partial charge in [0.25, 0.3) is 0 Å². The molecule has 0 heterocycles. The lowest BCUT2D eigenvalue weighted by Crippen LogP contribution is -1.96. The Morgan fingerprint density at radius 1 is 1.33 bits per heavy atom. The molecule has 5 heteroatoms. The Hall–Kier alpha value is -0.150. The Labute approximate surface area is 73.3 Å². The molecule has 0 aromatic carbocycles. The molecule has 0 saturated heterocycles. The van der Waals surface area contributed by atoms with Crippen molar-refractivity contribution in [1.29, 1.82) is 0 Å². The van der Waals surface area contributed by atoms with Crippen molar-refractivity contribution in [3.05, 3.63) is 11.9 Å². The first kappa shape index (κ1) is 11.8. The molecule has 0 radical (unpaired) electrons. The van der Waals surface area contributed by atoms with E-state index in [0.29, 0.717) is 19.8 Å². The van der Waals surface area contributed by atoms with Crippen molar-refractivity contribution in [2.24, 2.45) is 5.73 Å². The van der Waals surface area contributed by atoms with Crippen LogP contribution in [0.25, 0.3) is 0 Å². The Morgan fingerprint density at radius 3 is 2.17 bits per heavy atom. The molecule has 0 rings (SSSR count). The number of hydrogen-bond acceptors (Lipinski definition) is 4. The highest BCUT2D eigenvalue weighted by Gasteiger charge is 2.17. The van der Waals surface area contributed by atoms with Gasteiger partial charge in [0.05, 0.1) is 13.2 Å². The van der Waals surface area contributed by atoms with Gasteiger partial charge >= 0.3 is 7.60 Å². The second-order valence-corrected chi connectivity index (χ2v) is 3.89. The average molecular weight is 193 g/mol. The van der Waals surface area contributed by atoms with Crippen molar-refractivity contribution in [3.8, 4) is 0 Å². The molecular formula is C7H16NO3P. The first-order valence-electron chi connectivity index (χ1n) is 3.95. The van der Waals surface area contributed by atoms with E-state index in [1.54, 1.807) is 19.9 Å². The fourth-order valence-corrected chi connectivity index (χ4v) is 2.02. The predicted molar refractivity (Wildman–Crippen MR) is 49.1 cm³/mol. The van der Waals surface area contributed by atoms with Gasteiger partial charge in [0.1, 0.15) is 0 Å². The van der Waals surface area contributed by atoms with Gasteiger partial charge in [-0.15, -0.1) is 0 Å². The lowest BCUT2D eigenvalue weighted by molar-refractivity contribution is 0.229. The van der Waals surface area contributed by atoms with Crippen LogP contribution in [-0.4, -0.2) is 19.8 Å². The van der Waals surface area contributed by atoms with E-state index in [9.17, 15) is 4.57 Å². The predicted octanol–water partition coefficient (Wildman–Crippen LogP) is 1.72. The Kier molecular flexibility index (Phi) is 6.30. The summed E-state index contributed by atoms with van der Waals surface area (Å²) in [7, 11) is -3.00. The van der Waals surface area contributed by atoms with E-state index in [1.165, 1.54) is 5.82 Å². The molecule has 2 N–H and O–H groups in total. The molecule has 0 bridgehead atoms. The van der Waals surface area contributed by atoms with Crippen LogP contribution in [-0.2, 0) is 13.6 Å². The highest BCUT2D eigenvalue weighted by atomic mass is 31.2. The number of rotatable bonds is 6. The zero-order valence-corrected chi connectivity index (χ0v) is 8.42. The van der Waals surface area contributed by atoms with E-state index < -0.39 is 7.60 Å². The molecule has 12 heavy (non-hydrogen) atoms. The summed E-state index contributed by atoms with van der Waals surface area (Å²) in [6.45, 7) is 4.60. The Morgan fingerprint density at radius 2 is 1.83 bits per heavy atom. The normalized spacial score (nSPS) is 12.6. The van der Waals surface area contributed by atoms with Crippen LogP contribution in [0.1, 0.15) is 13.8 Å². The van der Waals surface area contributed by atoms with Gasteiger partial charge < -0.3 is 14.8 Å². The minimum Gasteiger partial charge on any atom is -0.327 e. The first-order valence-corrected chi connectivity index (χ1v) is 5.56. The summed E-state index contributed by atoms with van der Waals surface area (Å²) in [6.07, 6.45) is 1.58. The van der Waals surface area contributed by atoms with Crippen LogP contribution in [0.5, 0.6) is 0 Å². The van der Waals surface area contributed by atoms with Crippen LogP contribution < -0.4 is 5.73 Å². The lowest BCUT2D eigenvalue weighted by Gasteiger charge is -2.11. The van der Waals surface area contributed by atoms with E-state index >= 15 is 0 Å². The molecule has 0 aliphatic rings. The van der Waals surface area contributed by atoms with Crippen LogP contribution in [0.4, 0.5) is 0 Å². The third-order valence-electron chi connectivity index (χ3n) is 1.04. The summed E-state index contributed by atoms with van der Waals surface area (Å²) in [5, 5.41) is 0. The van der Waals surface area contributed by atoms with Gasteiger partial charge in [0.2, 0.25) is 0 Å². The third-order valence-corrected chi connectivity index (χ3v) is 2.85. The molecular weight excluding hydrogens is 177 g/mol. The maximum absolute atomic E-state index is 11.6. The molecule has 4 nitrogen and oxygen atoms in total. The van der Waals surface area contributed by atoms with Crippen LogP contribution in [0.15, 0.2) is 11.9 Å². The smallest absolute Gasteiger partial charge is 0.327 e. The van der Waals surface area contributed by atoms with Gasteiger partial charge in [-0.2, -0.15) is 0 Å². The van der Waals surface area contributed by atoms with Crippen LogP contribution in [0.2, 0.25) is 0 Å². The second-order valence-electron chi connectivity index (χ2n) is 2.00. The SMILES string of the molecule is CCOP(=O)(C=CCN)OCC. The van der Waals surface area contributed by atoms with Crippen molar-refractivity contribution in [2.75, 3.05) is 19.8 Å². The largest absolute Gasteiger partial charge is 0.353 e. The first-order chi connectivity index (χ1) is 5.68. The van der Waals surface area contributed by atoms with Crippen molar-refractivity contribution in [2.45, 2.75) is 13.8 Å². The van der Waals surface area contributed by atoms with E-state index in [4.69, 9.17) is 14.8 Å². The zero-order chi connectivity index (χ0) is 9.45. The summed E-state index contributed by atoms with van der Waals surface area (Å²) in [5.41, 5.74) is 5.21. The van der Waals surface area contributed by atoms with Crippen molar-refractivity contribution in [3.63, 3.8) is 0 Å². The second kappa shape index (κ2) is 6.38. The van der Waals surface area contributed by atoms with Gasteiger partial charge in [-0.05, 0) is 13.8 Å². The quantitative estimate of drug-likeness (QED) is 0.652. The van der Waals surface area contributed by atoms with E-state index in [0.717, 1.165) is 0 Å². The van der Waals surface area contributed by atoms with Gasteiger partial charge in [-0.3, -0.25) is 4.57 Å². The van der Waals surface area contributed by atoms with Crippen molar-refractivity contribution < 1.29 is 13.6 Å². The van der Waals surface area contributed by atoms with E-state index in [2.05, 4.69) is 0 Å². The summed E-state index contributed by atoms with van der Waals surface area (Å²) in [6, 6.07) is 0. The molecule has 0 aromatic rings. The standard InChI is InChI=1S/C7H16NO3P/c1-3-10-12(9,11-4-2)7-5-6-8/h5,7H,3-4,6,8H2,1-2H3. The number of hydrogen-bond donors (Lipinski definition) is 1. The monoisotopic (exact) mass is 193 g/mol. The van der Waals surface area contributed by atoms with Crippen LogP contribution >= 0.6 is 7.60 Å². The van der Waals surface area contributed by atoms with Gasteiger partial charge in [-0.1, -0.05) is 6.08 Å². The van der Waals surface area contributed by atoms with Crippen LogP contribution in [0.3, 0.4) is 0 Å². The maximum atomic E-state index is 11.6. The highest BCUT2D eigenvalue weighted by Crippen LogP contribution is 2.49. The minimum absolute atomic E-state index is 0.337. The van der Waals surface area contributed by atoms with E-state index in [1.807, 2.05) is 0 Å². The molecule has 0 unspecified atom stereocenters. The topological polar surface area (TPSA) is 61.5 Å². The molecule has 0 aromatic heterocycles. The van der Waals surface area contributed by atoms with Gasteiger partial charge in [-0.25, -0.2) is 0 Å². The fourth-order valence-electron chi connectivity index (χ4n) is 0.673. The molecule has 0 amide bonds. The molecule has 72 valence electrons. The molecule has 0 aliphatic heterocycles. The number of nitrogens with two attached hydrogens (primary N) is 1. The lowest BCUT2D eigenvalue weighted by atomic mass is 10.7. The summed E-state index contributed by atoms with van der Waals surface area (Å²) in [4.78, 5) is 0. The summed E-state index contributed by atoms with van der Waals surface area (Å²) >= 11 is 0. The molecule has 0 saturated carbocycles. The Balaban J connectivity index is 4.18. The highest BCUT2D eigenvalue weighted by molar-refractivity contribution is 7.57. The molecule has 0 fully saturated rings. The summed E-state index contributed by atoms with van der Waals surface area (Å²) < 4.78 is 21.5. The maximum Gasteiger partial charge on any atom is 0.353 e. The minimum atomic E-state index is -3.00. The molecule has 0 atom stereocenters. The summed E-state index contributed by atoms with van der Waals surface area (Å²) in [5.74, 6) is 1.40. The molecule has 0 aliphatic carbocycles. The zero-order valence-electron chi connectivity index (χ0n) is 7.53. The van der Waals surface area contributed by atoms with Crippen molar-refractivity contribution in [1.82, 2.24) is 0 Å². The van der Waals surface area contributed by atoms with Gasteiger partial charge in [0, 0.05) is 12.4 Å².